The molecule has 2 aliphatic rings. The lowest BCUT2D eigenvalue weighted by molar-refractivity contribution is -0.0685. The highest BCUT2D eigenvalue weighted by atomic mass is 16.6. The molecule has 2 N–H and O–H groups in total. The number of nitrogens with zero attached hydrogens (tertiary/aromatic N) is 1. The van der Waals surface area contributed by atoms with Gasteiger partial charge in [-0.2, -0.15) is 0 Å². The maximum Gasteiger partial charge on any atom is 0.410 e. The normalized spacial score (nSPS) is 35.7. The van der Waals surface area contributed by atoms with E-state index in [1.165, 1.54) is 0 Å². The molecular weight excluding hydrogens is 246 g/mol. The highest BCUT2D eigenvalue weighted by molar-refractivity contribution is 5.68. The van der Waals surface area contributed by atoms with Gasteiger partial charge in [-0.05, 0) is 51.9 Å². The van der Waals surface area contributed by atoms with Gasteiger partial charge in [-0.3, -0.25) is 0 Å². The number of hydrogen-bond donors (Lipinski definition) is 2. The molecule has 1 saturated carbocycles. The van der Waals surface area contributed by atoms with Crippen LogP contribution in [0.3, 0.4) is 0 Å². The molecule has 1 amide bonds. The molecule has 0 spiro atoms. The van der Waals surface area contributed by atoms with Gasteiger partial charge in [0.1, 0.15) is 5.60 Å². The van der Waals surface area contributed by atoms with Crippen LogP contribution in [-0.2, 0) is 4.74 Å². The maximum atomic E-state index is 12.0. The molecule has 0 unspecified atom stereocenters. The van der Waals surface area contributed by atoms with Crippen molar-refractivity contribution in [2.75, 3.05) is 13.1 Å². The number of hydrogen-bond acceptors (Lipinski definition) is 4. The molecule has 1 heterocycles. The second kappa shape index (κ2) is 5.29. The van der Waals surface area contributed by atoms with Crippen molar-refractivity contribution < 1.29 is 19.7 Å². The SMILES string of the molecule is CC(C)(C)OC(=O)N1CC[C@H]2C[C@@H](O)[C@H](O)C[C@H]2C1. The Kier molecular flexibility index (Phi) is 4.06. The fourth-order valence-electron chi connectivity index (χ4n) is 3.08. The van der Waals surface area contributed by atoms with Crippen molar-refractivity contribution >= 4 is 6.09 Å². The first-order chi connectivity index (χ1) is 8.76. The third kappa shape index (κ3) is 3.60. The van der Waals surface area contributed by atoms with E-state index in [1.807, 2.05) is 20.8 Å². The van der Waals surface area contributed by atoms with Crippen molar-refractivity contribution in [3.63, 3.8) is 0 Å². The van der Waals surface area contributed by atoms with Gasteiger partial charge in [0.15, 0.2) is 0 Å². The molecule has 1 aliphatic heterocycles. The minimum absolute atomic E-state index is 0.272. The smallest absolute Gasteiger partial charge is 0.410 e. The van der Waals surface area contributed by atoms with E-state index in [1.54, 1.807) is 4.90 Å². The first-order valence-corrected chi connectivity index (χ1v) is 7.10. The van der Waals surface area contributed by atoms with Crippen molar-refractivity contribution in [1.82, 2.24) is 4.90 Å². The maximum absolute atomic E-state index is 12.0. The number of aliphatic hydroxyl groups excluding tert-OH is 2. The zero-order chi connectivity index (χ0) is 14.2. The van der Waals surface area contributed by atoms with Crippen LogP contribution >= 0.6 is 0 Å². The van der Waals surface area contributed by atoms with E-state index in [4.69, 9.17) is 4.74 Å². The number of likely N-dealkylation sites (tertiary alicyclic amines) is 1. The van der Waals surface area contributed by atoms with Crippen LogP contribution in [0.15, 0.2) is 0 Å². The summed E-state index contributed by atoms with van der Waals surface area (Å²) in [4.78, 5) is 13.8. The molecule has 0 aromatic rings. The number of aliphatic hydroxyl groups is 2. The molecule has 5 heteroatoms. The van der Waals surface area contributed by atoms with Crippen LogP contribution in [0.25, 0.3) is 0 Å². The third-order valence-electron chi connectivity index (χ3n) is 4.08. The largest absolute Gasteiger partial charge is 0.444 e. The van der Waals surface area contributed by atoms with Gasteiger partial charge in [-0.25, -0.2) is 4.79 Å². The Balaban J connectivity index is 1.93. The molecule has 0 bridgehead atoms. The van der Waals surface area contributed by atoms with Crippen LogP contribution in [0.2, 0.25) is 0 Å². The number of carbonyl (C=O) groups excluding carboxylic acids is 1. The van der Waals surface area contributed by atoms with Gasteiger partial charge in [0.25, 0.3) is 0 Å². The highest BCUT2D eigenvalue weighted by Gasteiger charge is 2.40. The standard InChI is InChI=1S/C14H25NO4/c1-14(2,3)19-13(18)15-5-4-9-6-11(16)12(17)7-10(9)8-15/h9-12,16-17H,4-8H2,1-3H3/t9-,10-,11+,12+/m0/s1. The highest BCUT2D eigenvalue weighted by Crippen LogP contribution is 2.36. The predicted octanol–water partition coefficient (Wildman–Crippen LogP) is 1.38. The van der Waals surface area contributed by atoms with Crippen molar-refractivity contribution in [2.24, 2.45) is 11.8 Å². The summed E-state index contributed by atoms with van der Waals surface area (Å²) in [7, 11) is 0. The average molecular weight is 271 g/mol. The fraction of sp³-hybridized carbons (Fsp3) is 0.929. The molecule has 0 aromatic carbocycles. The minimum Gasteiger partial charge on any atom is -0.444 e. The molecule has 2 rings (SSSR count). The summed E-state index contributed by atoms with van der Waals surface area (Å²) in [5.74, 6) is 0.691. The number of rotatable bonds is 0. The Bertz CT molecular complexity index is 339. The number of amides is 1. The Labute approximate surface area is 114 Å². The van der Waals surface area contributed by atoms with Crippen LogP contribution in [0.5, 0.6) is 0 Å². The van der Waals surface area contributed by atoms with Gasteiger partial charge in [-0.1, -0.05) is 0 Å². The van der Waals surface area contributed by atoms with Crippen molar-refractivity contribution in [3.8, 4) is 0 Å². The molecule has 19 heavy (non-hydrogen) atoms. The second-order valence-corrected chi connectivity index (χ2v) is 6.84. The second-order valence-electron chi connectivity index (χ2n) is 6.84. The van der Waals surface area contributed by atoms with E-state index in [0.29, 0.717) is 31.8 Å². The van der Waals surface area contributed by atoms with Crippen LogP contribution < -0.4 is 0 Å². The summed E-state index contributed by atoms with van der Waals surface area (Å²) in [5, 5.41) is 19.4. The van der Waals surface area contributed by atoms with E-state index in [2.05, 4.69) is 0 Å². The topological polar surface area (TPSA) is 70.0 Å². The predicted molar refractivity (Wildman–Crippen MR) is 70.7 cm³/mol. The van der Waals surface area contributed by atoms with Crippen molar-refractivity contribution in [2.45, 2.75) is 57.8 Å². The molecule has 2 fully saturated rings. The quantitative estimate of drug-likeness (QED) is 0.698. The van der Waals surface area contributed by atoms with E-state index in [9.17, 15) is 15.0 Å². The van der Waals surface area contributed by atoms with Crippen molar-refractivity contribution in [3.05, 3.63) is 0 Å². The summed E-state index contributed by atoms with van der Waals surface area (Å²) in [5.41, 5.74) is -0.476. The number of ether oxygens (including phenoxy) is 1. The number of piperidine rings is 1. The summed E-state index contributed by atoms with van der Waals surface area (Å²) in [6.07, 6.45) is 0.577. The van der Waals surface area contributed by atoms with E-state index in [0.717, 1.165) is 6.42 Å². The van der Waals surface area contributed by atoms with Crippen LogP contribution in [0, 0.1) is 11.8 Å². The van der Waals surface area contributed by atoms with Crippen molar-refractivity contribution in [1.29, 1.82) is 0 Å². The van der Waals surface area contributed by atoms with Gasteiger partial charge in [0.2, 0.25) is 0 Å². The lowest BCUT2D eigenvalue weighted by Crippen LogP contribution is -2.50. The van der Waals surface area contributed by atoms with E-state index >= 15 is 0 Å². The van der Waals surface area contributed by atoms with Gasteiger partial charge >= 0.3 is 6.09 Å². The van der Waals surface area contributed by atoms with Gasteiger partial charge < -0.3 is 19.8 Å². The number of fused-ring (bicyclic) bond motifs is 1. The zero-order valence-corrected chi connectivity index (χ0v) is 12.0. The molecule has 1 saturated heterocycles. The minimum atomic E-state index is -0.653. The Morgan fingerprint density at radius 2 is 1.74 bits per heavy atom. The molecule has 5 nitrogen and oxygen atoms in total. The Hall–Kier alpha value is -0.810. The molecule has 0 aromatic heterocycles. The van der Waals surface area contributed by atoms with Crippen LogP contribution in [0.4, 0.5) is 4.79 Å². The van der Waals surface area contributed by atoms with Gasteiger partial charge in [-0.15, -0.1) is 0 Å². The summed E-state index contributed by atoms with van der Waals surface area (Å²) < 4.78 is 5.38. The van der Waals surface area contributed by atoms with Gasteiger partial charge in [0, 0.05) is 13.1 Å². The first kappa shape index (κ1) is 14.6. The van der Waals surface area contributed by atoms with Crippen LogP contribution in [-0.4, -0.2) is 52.1 Å². The van der Waals surface area contributed by atoms with E-state index < -0.39 is 17.8 Å². The monoisotopic (exact) mass is 271 g/mol. The van der Waals surface area contributed by atoms with Crippen LogP contribution in [0.1, 0.15) is 40.0 Å². The Morgan fingerprint density at radius 3 is 2.32 bits per heavy atom. The fourth-order valence-corrected chi connectivity index (χ4v) is 3.08. The average Bonchev–Trinajstić information content (AvgIpc) is 2.27. The zero-order valence-electron chi connectivity index (χ0n) is 12.0. The van der Waals surface area contributed by atoms with E-state index in [-0.39, 0.29) is 12.0 Å². The summed E-state index contributed by atoms with van der Waals surface area (Å²) in [6, 6.07) is 0. The molecule has 0 radical (unpaired) electrons. The summed E-state index contributed by atoms with van der Waals surface area (Å²) in [6.45, 7) is 6.89. The lowest BCUT2D eigenvalue weighted by atomic mass is 9.73. The molecule has 4 atom stereocenters. The Morgan fingerprint density at radius 1 is 1.16 bits per heavy atom. The molecule has 1 aliphatic carbocycles. The summed E-state index contributed by atoms with van der Waals surface area (Å²) >= 11 is 0. The van der Waals surface area contributed by atoms with Gasteiger partial charge in [0.05, 0.1) is 12.2 Å². The molecule has 110 valence electrons. The molecular formula is C14H25NO4. The lowest BCUT2D eigenvalue weighted by Gasteiger charge is -2.44. The third-order valence-corrected chi connectivity index (χ3v) is 4.08. The first-order valence-electron chi connectivity index (χ1n) is 7.10. The number of carbonyl (C=O) groups is 1.